The molecule has 36 heteroatoms. The average Bonchev–Trinajstić information content (AvgIpc) is 1.63. The Balaban J connectivity index is 0.000000153. The minimum absolute atomic E-state index is 0.000452. The number of nitrogens with two attached hydrogens (primary N) is 1. The number of rotatable bonds is 16. The predicted molar refractivity (Wildman–Crippen MR) is 397 cm³/mol. The van der Waals surface area contributed by atoms with E-state index >= 15 is 0 Å². The molecular formula is C62H96N16O14P4S2. The molecule has 0 saturated carbocycles. The van der Waals surface area contributed by atoms with Gasteiger partial charge in [-0.05, 0) is 137 Å². The summed E-state index contributed by atoms with van der Waals surface area (Å²) in [5, 5.41) is 84.0. The number of aromatic nitrogens is 15. The van der Waals surface area contributed by atoms with Crippen molar-refractivity contribution >= 4 is 128 Å². The predicted octanol–water partition coefficient (Wildman–Crippen LogP) is 3.52. The summed E-state index contributed by atoms with van der Waals surface area (Å²) in [6.45, 7) is 19.1. The van der Waals surface area contributed by atoms with E-state index in [1.807, 2.05) is 13.0 Å². The maximum atomic E-state index is 12.3. The number of aryl methyl sites for hydroxylation is 4. The number of fused-ring (bicyclic) bond motifs is 4. The Bertz CT molecular complexity index is 4530. The van der Waals surface area contributed by atoms with Crippen molar-refractivity contribution in [3.63, 3.8) is 0 Å². The summed E-state index contributed by atoms with van der Waals surface area (Å²) in [4.78, 5) is 62.6. The van der Waals surface area contributed by atoms with Gasteiger partial charge in [-0.25, -0.2) is 34.9 Å². The second-order valence-electron chi connectivity index (χ2n) is 28.6. The van der Waals surface area contributed by atoms with E-state index < -0.39 is 131 Å². The van der Waals surface area contributed by atoms with Gasteiger partial charge in [0.2, 0.25) is 5.95 Å². The third-order valence-corrected chi connectivity index (χ3v) is 24.0. The molecule has 16 atom stereocenters. The summed E-state index contributed by atoms with van der Waals surface area (Å²) >= 11 is 10.5. The van der Waals surface area contributed by atoms with Gasteiger partial charge >= 0.3 is 0 Å². The van der Waals surface area contributed by atoms with Crippen LogP contribution in [0, 0.1) is 37.0 Å². The van der Waals surface area contributed by atoms with E-state index in [9.17, 15) is 50.4 Å². The number of H-pyrrole nitrogens is 3. The summed E-state index contributed by atoms with van der Waals surface area (Å²) in [5.74, 6) is 2.28. The highest BCUT2D eigenvalue weighted by molar-refractivity contribution is 7.73. The molecule has 0 amide bonds. The molecule has 30 nitrogen and oxygen atoms in total. The average molecular weight is 1480 g/mol. The van der Waals surface area contributed by atoms with Crippen LogP contribution in [0.1, 0.15) is 73.9 Å². The van der Waals surface area contributed by atoms with Crippen LogP contribution >= 0.6 is 52.0 Å². The van der Waals surface area contributed by atoms with Crippen LogP contribution in [0.3, 0.4) is 0 Å². The monoisotopic (exact) mass is 1480 g/mol. The number of nitrogens with zero attached hydrogens (tertiary/aromatic N) is 12. The van der Waals surface area contributed by atoms with Gasteiger partial charge in [0.1, 0.15) is 93.6 Å². The van der Waals surface area contributed by atoms with Crippen molar-refractivity contribution in [1.29, 1.82) is 0 Å². The van der Waals surface area contributed by atoms with Gasteiger partial charge < -0.3 is 85.1 Å². The first-order valence-electron chi connectivity index (χ1n) is 31.9. The molecule has 12 rings (SSSR count). The standard InChI is InChI=1S/C16H25N4O4P.C16H24N3O3PS.C15H24N5O4P.C15H23N4O3PS/c1-9-18-14-11(15(23)19(9)2)17-8-20(14)16-13(22)12(21)10(24-16)6-7-25(3,4)5;1-9-17-14-10(15(24)18-9)5-7-19(14)16-13(21)12(20)11(22-16)6-8-23(2,3)4;1-7-17-12-9(13(23)18-7)19-15(16)20(12)14-11(22)10(21)8(24-14)5-6-25(2,3)4;1-8-17-13-10(14(24)18-8)16-7-19(13)15-12(21)11(20)9(22-15)5-6-23(2,3)4/h8,10,12-13,16,21-22H,3,6-7H2,1-2,4-5H3;5,7,11-13,16,20-21H,2,6,8H2,1,3-4H3,(H,17,18,24);8,10-11,14,21-22H,2,5-6H2,1,3-4H3,(H2,16,19)(H,17,18,23);7,9,11-12,15,20-21H,2,5-6H2,1,3-4H3,(H,17,18,24)/t10-,12-,13-,16?;11-,12-,13-,16?;8-,10-,11-,14?;9-,11-,12-,15?/m1111/s1. The summed E-state index contributed by atoms with van der Waals surface area (Å²) in [7, 11) is 1.63. The molecule has 4 unspecified atom stereocenters. The molecule has 8 aromatic rings. The minimum Gasteiger partial charge on any atom is -0.388 e. The van der Waals surface area contributed by atoms with E-state index in [2.05, 4.69) is 128 Å². The van der Waals surface area contributed by atoms with Gasteiger partial charge in [0, 0.05) is 13.2 Å². The minimum atomic E-state index is -1.28. The maximum absolute atomic E-state index is 12.3. The molecular weight excluding hydrogens is 1380 g/mol. The zero-order valence-electron chi connectivity index (χ0n) is 57.6. The molecule has 540 valence electrons. The van der Waals surface area contributed by atoms with Crippen LogP contribution in [0.4, 0.5) is 5.95 Å². The molecule has 8 aromatic heterocycles. The number of anilines is 1. The van der Waals surface area contributed by atoms with Crippen LogP contribution < -0.4 is 16.9 Å². The Morgan fingerprint density at radius 3 is 1.38 bits per heavy atom. The second kappa shape index (κ2) is 30.0. The quantitative estimate of drug-likeness (QED) is 0.0486. The van der Waals surface area contributed by atoms with E-state index in [0.717, 1.165) is 35.7 Å². The molecule has 0 spiro atoms. The molecule has 4 aliphatic rings. The Hall–Kier alpha value is -5.17. The highest BCUT2D eigenvalue weighted by atomic mass is 32.1. The summed E-state index contributed by atoms with van der Waals surface area (Å²) in [6, 6.07) is 1.85. The first-order chi connectivity index (χ1) is 45.5. The highest BCUT2D eigenvalue weighted by Crippen LogP contribution is 2.44. The van der Waals surface area contributed by atoms with Crippen LogP contribution in [0.25, 0.3) is 44.5 Å². The molecule has 0 bridgehead atoms. The van der Waals surface area contributed by atoms with Crippen molar-refractivity contribution in [3.8, 4) is 0 Å². The third kappa shape index (κ3) is 17.3. The van der Waals surface area contributed by atoms with Gasteiger partial charge in [-0.15, -0.1) is 52.7 Å². The van der Waals surface area contributed by atoms with Crippen LogP contribution in [0.5, 0.6) is 0 Å². The van der Waals surface area contributed by atoms with E-state index in [0.29, 0.717) is 75.1 Å². The van der Waals surface area contributed by atoms with Crippen molar-refractivity contribution < 1.29 is 59.8 Å². The lowest BCUT2D eigenvalue weighted by Gasteiger charge is -2.19. The topological polar surface area (TPSA) is 421 Å². The number of nitrogen functional groups attached to an aromatic ring is 1. The zero-order chi connectivity index (χ0) is 72.3. The van der Waals surface area contributed by atoms with Crippen molar-refractivity contribution in [2.45, 2.75) is 152 Å². The van der Waals surface area contributed by atoms with Gasteiger partial charge in [0.25, 0.3) is 11.1 Å². The van der Waals surface area contributed by atoms with Crippen LogP contribution in [0.2, 0.25) is 0 Å². The van der Waals surface area contributed by atoms with Crippen molar-refractivity contribution in [3.05, 3.63) is 78.2 Å². The van der Waals surface area contributed by atoms with Gasteiger partial charge in [0.15, 0.2) is 51.9 Å². The van der Waals surface area contributed by atoms with E-state index in [1.165, 1.54) is 20.0 Å². The summed E-state index contributed by atoms with van der Waals surface area (Å²) in [5.41, 5.74) is 8.05. The van der Waals surface area contributed by atoms with Crippen molar-refractivity contribution in [2.75, 3.05) is 83.7 Å². The number of imidazole rings is 3. The first kappa shape index (κ1) is 77.0. The van der Waals surface area contributed by atoms with E-state index in [1.54, 1.807) is 49.5 Å². The number of hydrogen-bond donors (Lipinski definition) is 12. The highest BCUT2D eigenvalue weighted by Gasteiger charge is 2.48. The molecule has 13 N–H and O–H groups in total. The first-order valence-corrected chi connectivity index (χ1v) is 45.0. The normalized spacial score (nSPS) is 27.6. The Kier molecular flexibility index (Phi) is 23.6. The van der Waals surface area contributed by atoms with Crippen LogP contribution in [0.15, 0.2) is 34.5 Å². The second-order valence-corrected chi connectivity index (χ2v) is 46.6. The largest absolute Gasteiger partial charge is 0.388 e. The summed E-state index contributed by atoms with van der Waals surface area (Å²) in [6.07, 6.45) is 14.3. The third-order valence-electron chi connectivity index (χ3n) is 17.5. The van der Waals surface area contributed by atoms with Gasteiger partial charge in [-0.2, -0.15) is 0 Å². The number of aliphatic hydroxyl groups excluding tert-OH is 8. The molecule has 4 fully saturated rings. The number of hydrogen-bond acceptors (Lipinski definition) is 24. The molecule has 0 aromatic carbocycles. The fourth-order valence-corrected chi connectivity index (χ4v) is 16.4. The molecule has 0 radical (unpaired) electrons. The SMILES string of the molecule is C=P(C)(C)CC[C@H]1OC(n2c(N)nc3c(=O)[nH]c(C)nc32)[C@H](O)[C@@H]1O.C=P(C)(C)CC[C@H]1OC(n2ccc3c(=S)nc(C)[nH]c32)[C@H](O)[C@@H]1O.C=P(C)(C)CC[C@H]1OC(n2cnc3c(=O)n(C)c(C)nc32)[C@H](O)[C@@H]1O.C=P(C)(C)CC[C@H]1OC(n2cnc3c(=S)nc(C)[nH]c32)[C@H](O)[C@@H]1O. The molecule has 12 heterocycles. The van der Waals surface area contributed by atoms with Gasteiger partial charge in [0.05, 0.1) is 42.5 Å². The lowest BCUT2D eigenvalue weighted by Crippen LogP contribution is -2.32. The van der Waals surface area contributed by atoms with Gasteiger partial charge in [-0.3, -0.25) is 27.9 Å². The van der Waals surface area contributed by atoms with Crippen LogP contribution in [-0.4, -0.2) is 290 Å². The number of nitrogens with one attached hydrogen (secondary N) is 3. The van der Waals surface area contributed by atoms with Crippen molar-refractivity contribution in [2.24, 2.45) is 7.05 Å². The molecule has 98 heavy (non-hydrogen) atoms. The summed E-state index contributed by atoms with van der Waals surface area (Å²) < 4.78 is 32.4. The Morgan fingerprint density at radius 1 is 0.500 bits per heavy atom. The lowest BCUT2D eigenvalue weighted by atomic mass is 10.1. The molecule has 0 aliphatic carbocycles. The Labute approximate surface area is 577 Å². The smallest absolute Gasteiger partial charge is 0.281 e. The lowest BCUT2D eigenvalue weighted by molar-refractivity contribution is -0.0353. The fourth-order valence-electron chi connectivity index (χ4n) is 12.0. The van der Waals surface area contributed by atoms with Crippen molar-refractivity contribution in [1.82, 2.24) is 72.7 Å². The van der Waals surface area contributed by atoms with E-state index in [-0.39, 0.29) is 28.2 Å². The number of aliphatic hydroxyl groups is 8. The number of ether oxygens (including phenoxy) is 4. The molecule has 4 aliphatic heterocycles. The van der Waals surface area contributed by atoms with Crippen LogP contribution in [-0.2, 0) is 26.0 Å². The fraction of sp³-hybridized carbons (Fsp3) is 0.597. The number of aromatic amines is 3. The molecule has 4 saturated heterocycles. The van der Waals surface area contributed by atoms with Gasteiger partial charge in [-0.1, -0.05) is 24.4 Å². The van der Waals surface area contributed by atoms with E-state index in [4.69, 9.17) is 49.1 Å². The zero-order valence-corrected chi connectivity index (χ0v) is 62.8. The maximum Gasteiger partial charge on any atom is 0.281 e. The Morgan fingerprint density at radius 2 is 0.898 bits per heavy atom.